The summed E-state index contributed by atoms with van der Waals surface area (Å²) >= 11 is 0. The molecule has 0 N–H and O–H groups in total. The van der Waals surface area contributed by atoms with Crippen LogP contribution in [0.15, 0.2) is 0 Å². The van der Waals surface area contributed by atoms with E-state index in [2.05, 4.69) is 0 Å². The first-order valence-corrected chi connectivity index (χ1v) is 7.43. The van der Waals surface area contributed by atoms with Crippen molar-refractivity contribution in [3.63, 3.8) is 0 Å². The fourth-order valence-corrected chi connectivity index (χ4v) is 1.95. The van der Waals surface area contributed by atoms with E-state index in [9.17, 15) is 9.59 Å². The number of hydrogen-bond donors (Lipinski definition) is 0. The second kappa shape index (κ2) is 9.82. The zero-order chi connectivity index (χ0) is 14.7. The summed E-state index contributed by atoms with van der Waals surface area (Å²) < 4.78 is 10.3. The number of carbonyl (C=O) groups is 2. The third kappa shape index (κ3) is 5.21. The molecule has 0 bridgehead atoms. The zero-order valence-corrected chi connectivity index (χ0v) is 12.8. The SMILES string of the molecule is CCCCOC(=O)C(CC)(CCCC)C(=O)OCC. The molecule has 0 aliphatic heterocycles. The highest BCUT2D eigenvalue weighted by Crippen LogP contribution is 2.32. The van der Waals surface area contributed by atoms with Crippen molar-refractivity contribution in [1.82, 2.24) is 0 Å². The first-order chi connectivity index (χ1) is 9.08. The fraction of sp³-hybridized carbons (Fsp3) is 0.867. The van der Waals surface area contributed by atoms with Gasteiger partial charge in [-0.1, -0.05) is 40.0 Å². The second-order valence-corrected chi connectivity index (χ2v) is 4.75. The van der Waals surface area contributed by atoms with Gasteiger partial charge in [0.1, 0.15) is 0 Å². The lowest BCUT2D eigenvalue weighted by atomic mass is 9.80. The molecule has 0 fully saturated rings. The Hall–Kier alpha value is -1.06. The van der Waals surface area contributed by atoms with E-state index in [1.807, 2.05) is 20.8 Å². The van der Waals surface area contributed by atoms with Crippen LogP contribution < -0.4 is 0 Å². The minimum atomic E-state index is -1.11. The van der Waals surface area contributed by atoms with Crippen molar-refractivity contribution in [3.05, 3.63) is 0 Å². The van der Waals surface area contributed by atoms with Gasteiger partial charge in [0.05, 0.1) is 13.2 Å². The summed E-state index contributed by atoms with van der Waals surface area (Å²) in [5.74, 6) is -0.859. The smallest absolute Gasteiger partial charge is 0.323 e. The molecule has 0 saturated heterocycles. The Balaban J connectivity index is 4.88. The molecule has 0 radical (unpaired) electrons. The topological polar surface area (TPSA) is 52.6 Å². The molecule has 0 rings (SSSR count). The minimum Gasteiger partial charge on any atom is -0.465 e. The molecular formula is C15H28O4. The van der Waals surface area contributed by atoms with Crippen LogP contribution in [0.3, 0.4) is 0 Å². The molecule has 4 heteroatoms. The maximum absolute atomic E-state index is 12.3. The monoisotopic (exact) mass is 272 g/mol. The van der Waals surface area contributed by atoms with Gasteiger partial charge < -0.3 is 9.47 Å². The van der Waals surface area contributed by atoms with Crippen molar-refractivity contribution in [2.75, 3.05) is 13.2 Å². The molecule has 0 saturated carbocycles. The van der Waals surface area contributed by atoms with E-state index in [4.69, 9.17) is 9.47 Å². The standard InChI is InChI=1S/C15H28O4/c1-5-9-11-15(7-3,13(16)18-8-4)14(17)19-12-10-6-2/h5-12H2,1-4H3. The first-order valence-electron chi connectivity index (χ1n) is 7.43. The van der Waals surface area contributed by atoms with Gasteiger partial charge in [-0.3, -0.25) is 9.59 Å². The molecule has 1 atom stereocenters. The summed E-state index contributed by atoms with van der Waals surface area (Å²) in [4.78, 5) is 24.4. The van der Waals surface area contributed by atoms with Gasteiger partial charge in [-0.15, -0.1) is 0 Å². The van der Waals surface area contributed by atoms with Crippen LogP contribution in [0, 0.1) is 5.41 Å². The molecule has 0 amide bonds. The summed E-state index contributed by atoms with van der Waals surface area (Å²) in [6.45, 7) is 8.32. The lowest BCUT2D eigenvalue weighted by molar-refractivity contribution is -0.173. The number of carbonyl (C=O) groups excluding carboxylic acids is 2. The first kappa shape index (κ1) is 17.9. The van der Waals surface area contributed by atoms with Crippen LogP contribution in [0.1, 0.15) is 66.2 Å². The van der Waals surface area contributed by atoms with Gasteiger partial charge in [0.2, 0.25) is 0 Å². The molecule has 112 valence electrons. The molecule has 0 aliphatic carbocycles. The van der Waals surface area contributed by atoms with Crippen molar-refractivity contribution >= 4 is 11.9 Å². The van der Waals surface area contributed by atoms with Gasteiger partial charge in [-0.05, 0) is 26.2 Å². The number of rotatable bonds is 10. The van der Waals surface area contributed by atoms with Crippen LogP contribution in [-0.4, -0.2) is 25.2 Å². The Bertz CT molecular complexity index is 275. The highest BCUT2D eigenvalue weighted by Gasteiger charge is 2.46. The molecule has 1 unspecified atom stereocenters. The molecule has 19 heavy (non-hydrogen) atoms. The second-order valence-electron chi connectivity index (χ2n) is 4.75. The predicted octanol–water partition coefficient (Wildman–Crippen LogP) is 3.48. The highest BCUT2D eigenvalue weighted by atomic mass is 16.6. The van der Waals surface area contributed by atoms with E-state index >= 15 is 0 Å². The summed E-state index contributed by atoms with van der Waals surface area (Å²) in [6.07, 6.45) is 4.46. The fourth-order valence-electron chi connectivity index (χ4n) is 1.95. The summed E-state index contributed by atoms with van der Waals surface area (Å²) in [5, 5.41) is 0. The maximum atomic E-state index is 12.3. The molecule has 0 aromatic carbocycles. The summed E-state index contributed by atoms with van der Waals surface area (Å²) in [6, 6.07) is 0. The zero-order valence-electron chi connectivity index (χ0n) is 12.8. The summed E-state index contributed by atoms with van der Waals surface area (Å²) in [7, 11) is 0. The molecule has 0 aliphatic rings. The van der Waals surface area contributed by atoms with Crippen LogP contribution in [-0.2, 0) is 19.1 Å². The lowest BCUT2D eigenvalue weighted by Crippen LogP contribution is -2.41. The number of unbranched alkanes of at least 4 members (excludes halogenated alkanes) is 2. The van der Waals surface area contributed by atoms with Crippen molar-refractivity contribution in [2.45, 2.75) is 66.2 Å². The third-order valence-corrected chi connectivity index (χ3v) is 3.35. The van der Waals surface area contributed by atoms with Gasteiger partial charge in [0.15, 0.2) is 5.41 Å². The van der Waals surface area contributed by atoms with Crippen LogP contribution in [0.25, 0.3) is 0 Å². The van der Waals surface area contributed by atoms with E-state index in [1.54, 1.807) is 6.92 Å². The Kier molecular flexibility index (Phi) is 9.27. The normalized spacial score (nSPS) is 13.7. The van der Waals surface area contributed by atoms with Crippen molar-refractivity contribution < 1.29 is 19.1 Å². The highest BCUT2D eigenvalue weighted by molar-refractivity contribution is 6.00. The van der Waals surface area contributed by atoms with Crippen molar-refractivity contribution in [3.8, 4) is 0 Å². The number of ether oxygens (including phenoxy) is 2. The van der Waals surface area contributed by atoms with E-state index in [-0.39, 0.29) is 6.61 Å². The maximum Gasteiger partial charge on any atom is 0.323 e. The van der Waals surface area contributed by atoms with Crippen LogP contribution in [0.4, 0.5) is 0 Å². The van der Waals surface area contributed by atoms with E-state index in [0.29, 0.717) is 19.4 Å². The van der Waals surface area contributed by atoms with Crippen molar-refractivity contribution in [2.24, 2.45) is 5.41 Å². The van der Waals surface area contributed by atoms with Crippen LogP contribution in [0.5, 0.6) is 0 Å². The Labute approximate surface area is 116 Å². The Morgan fingerprint density at radius 1 is 0.895 bits per heavy atom. The van der Waals surface area contributed by atoms with Crippen molar-refractivity contribution in [1.29, 1.82) is 0 Å². The Morgan fingerprint density at radius 3 is 1.95 bits per heavy atom. The molecule has 0 spiro atoms. The quantitative estimate of drug-likeness (QED) is 0.347. The third-order valence-electron chi connectivity index (χ3n) is 3.35. The van der Waals surface area contributed by atoms with Gasteiger partial charge in [-0.2, -0.15) is 0 Å². The van der Waals surface area contributed by atoms with Gasteiger partial charge in [0.25, 0.3) is 0 Å². The van der Waals surface area contributed by atoms with E-state index < -0.39 is 17.4 Å². The molecule has 0 aromatic rings. The molecule has 0 heterocycles. The van der Waals surface area contributed by atoms with Crippen LogP contribution >= 0.6 is 0 Å². The van der Waals surface area contributed by atoms with E-state index in [0.717, 1.165) is 25.7 Å². The number of esters is 2. The van der Waals surface area contributed by atoms with Gasteiger partial charge in [-0.25, -0.2) is 0 Å². The molecular weight excluding hydrogens is 244 g/mol. The number of hydrogen-bond acceptors (Lipinski definition) is 4. The lowest BCUT2D eigenvalue weighted by Gasteiger charge is -2.28. The van der Waals surface area contributed by atoms with Gasteiger partial charge in [0, 0.05) is 0 Å². The average molecular weight is 272 g/mol. The van der Waals surface area contributed by atoms with Crippen LogP contribution in [0.2, 0.25) is 0 Å². The minimum absolute atomic E-state index is 0.287. The molecule has 4 nitrogen and oxygen atoms in total. The van der Waals surface area contributed by atoms with E-state index in [1.165, 1.54) is 0 Å². The Morgan fingerprint density at radius 2 is 1.47 bits per heavy atom. The largest absolute Gasteiger partial charge is 0.465 e. The average Bonchev–Trinajstić information content (AvgIpc) is 2.40. The predicted molar refractivity (Wildman–Crippen MR) is 74.7 cm³/mol. The summed E-state index contributed by atoms with van der Waals surface area (Å²) in [5.41, 5.74) is -1.11. The van der Waals surface area contributed by atoms with Gasteiger partial charge >= 0.3 is 11.9 Å². The molecule has 0 aromatic heterocycles.